The molecule has 24 heavy (non-hydrogen) atoms. The first-order valence-electron chi connectivity index (χ1n) is 7.39. The number of rotatable bonds is 7. The van der Waals surface area contributed by atoms with Gasteiger partial charge in [-0.05, 0) is 30.7 Å². The lowest BCUT2D eigenvalue weighted by Crippen LogP contribution is -2.40. The molecule has 0 unspecified atom stereocenters. The number of benzene rings is 1. The first-order valence-corrected chi connectivity index (χ1v) is 8.38. The molecule has 0 atom stereocenters. The standard InChI is InChI=1S/C15H19N5O3S/c1-3-8-16-14(22)17-12(21)9-24-15-18-13(19-20-15)10-4-6-11(23-2)7-5-10/h4-7H,3,8-9H2,1-2H3,(H,18,19,20)(H2,16,17,21,22). The molecule has 1 aromatic carbocycles. The van der Waals surface area contributed by atoms with Gasteiger partial charge in [-0.2, -0.15) is 0 Å². The molecule has 8 nitrogen and oxygen atoms in total. The SMILES string of the molecule is CCCNC(=O)NC(=O)CSc1n[nH]c(-c2ccc(OC)cc2)n1. The van der Waals surface area contributed by atoms with E-state index in [0.717, 1.165) is 29.5 Å². The van der Waals surface area contributed by atoms with Crippen molar-refractivity contribution in [2.75, 3.05) is 19.4 Å². The van der Waals surface area contributed by atoms with Crippen LogP contribution in [0.1, 0.15) is 13.3 Å². The third-order valence-corrected chi connectivity index (χ3v) is 3.80. The Kier molecular flexibility index (Phi) is 6.62. The smallest absolute Gasteiger partial charge is 0.321 e. The minimum atomic E-state index is -0.489. The van der Waals surface area contributed by atoms with E-state index in [1.807, 2.05) is 31.2 Å². The number of thioether (sulfide) groups is 1. The van der Waals surface area contributed by atoms with E-state index in [0.29, 0.717) is 17.5 Å². The summed E-state index contributed by atoms with van der Waals surface area (Å²) in [5.74, 6) is 1.01. The van der Waals surface area contributed by atoms with Gasteiger partial charge in [-0.3, -0.25) is 15.2 Å². The number of H-pyrrole nitrogens is 1. The van der Waals surface area contributed by atoms with Crippen molar-refractivity contribution >= 4 is 23.7 Å². The highest BCUT2D eigenvalue weighted by atomic mass is 32.2. The molecular weight excluding hydrogens is 330 g/mol. The van der Waals surface area contributed by atoms with Gasteiger partial charge in [0.2, 0.25) is 11.1 Å². The lowest BCUT2D eigenvalue weighted by atomic mass is 10.2. The molecule has 0 saturated carbocycles. The number of aromatic nitrogens is 3. The normalized spacial score (nSPS) is 10.2. The highest BCUT2D eigenvalue weighted by molar-refractivity contribution is 7.99. The quantitative estimate of drug-likeness (QED) is 0.658. The van der Waals surface area contributed by atoms with Crippen LogP contribution in [0, 0.1) is 0 Å². The van der Waals surface area contributed by atoms with Crippen molar-refractivity contribution < 1.29 is 14.3 Å². The van der Waals surface area contributed by atoms with E-state index in [1.54, 1.807) is 7.11 Å². The number of ether oxygens (including phenoxy) is 1. The molecule has 2 aromatic rings. The number of hydrogen-bond acceptors (Lipinski definition) is 6. The van der Waals surface area contributed by atoms with Crippen LogP contribution in [0.15, 0.2) is 29.4 Å². The van der Waals surface area contributed by atoms with Gasteiger partial charge >= 0.3 is 6.03 Å². The zero-order valence-electron chi connectivity index (χ0n) is 13.5. The average Bonchev–Trinajstić information content (AvgIpc) is 3.07. The summed E-state index contributed by atoms with van der Waals surface area (Å²) in [7, 11) is 1.60. The maximum Gasteiger partial charge on any atom is 0.321 e. The van der Waals surface area contributed by atoms with Crippen LogP contribution in [0.3, 0.4) is 0 Å². The number of nitrogens with one attached hydrogen (secondary N) is 3. The maximum atomic E-state index is 11.7. The molecule has 128 valence electrons. The van der Waals surface area contributed by atoms with Crippen molar-refractivity contribution in [3.8, 4) is 17.1 Å². The molecular formula is C15H19N5O3S. The van der Waals surface area contributed by atoms with Gasteiger partial charge in [-0.25, -0.2) is 9.78 Å². The monoisotopic (exact) mass is 349 g/mol. The van der Waals surface area contributed by atoms with Crippen molar-refractivity contribution in [1.29, 1.82) is 0 Å². The van der Waals surface area contributed by atoms with E-state index in [4.69, 9.17) is 4.74 Å². The number of imide groups is 1. The summed E-state index contributed by atoms with van der Waals surface area (Å²) >= 11 is 1.15. The van der Waals surface area contributed by atoms with E-state index in [-0.39, 0.29) is 5.75 Å². The molecule has 9 heteroatoms. The molecule has 2 rings (SSSR count). The van der Waals surface area contributed by atoms with Crippen LogP contribution in [0.4, 0.5) is 4.79 Å². The Balaban J connectivity index is 1.85. The fourth-order valence-corrected chi connectivity index (χ4v) is 2.36. The molecule has 0 saturated heterocycles. The summed E-state index contributed by atoms with van der Waals surface area (Å²) in [6.45, 7) is 2.46. The number of carbonyl (C=O) groups excluding carboxylic acids is 2. The van der Waals surface area contributed by atoms with Crippen molar-refractivity contribution in [2.24, 2.45) is 0 Å². The molecule has 0 fully saturated rings. The minimum Gasteiger partial charge on any atom is -0.497 e. The zero-order chi connectivity index (χ0) is 17.4. The molecule has 0 aliphatic carbocycles. The Labute approximate surface area is 143 Å². The molecule has 0 aliphatic rings. The summed E-state index contributed by atoms with van der Waals surface area (Å²) in [4.78, 5) is 27.3. The Bertz CT molecular complexity index is 687. The molecule has 0 aliphatic heterocycles. The zero-order valence-corrected chi connectivity index (χ0v) is 14.3. The number of methoxy groups -OCH3 is 1. The van der Waals surface area contributed by atoms with Gasteiger partial charge in [0.1, 0.15) is 5.75 Å². The van der Waals surface area contributed by atoms with Crippen LogP contribution < -0.4 is 15.4 Å². The fourth-order valence-electron chi connectivity index (χ4n) is 1.76. The molecule has 1 heterocycles. The molecule has 0 spiro atoms. The Morgan fingerprint density at radius 1 is 1.29 bits per heavy atom. The van der Waals surface area contributed by atoms with E-state index < -0.39 is 11.9 Å². The van der Waals surface area contributed by atoms with Crippen LogP contribution in [0.2, 0.25) is 0 Å². The molecule has 0 bridgehead atoms. The summed E-state index contributed by atoms with van der Waals surface area (Å²) in [5.41, 5.74) is 0.860. The second-order valence-corrected chi connectivity index (χ2v) is 5.73. The van der Waals surface area contributed by atoms with Crippen LogP contribution in [-0.4, -0.2) is 46.5 Å². The Hall–Kier alpha value is -2.55. The number of amides is 3. The number of carbonyl (C=O) groups is 2. The predicted molar refractivity (Wildman–Crippen MR) is 90.9 cm³/mol. The largest absolute Gasteiger partial charge is 0.497 e. The van der Waals surface area contributed by atoms with E-state index in [2.05, 4.69) is 25.8 Å². The van der Waals surface area contributed by atoms with E-state index >= 15 is 0 Å². The third kappa shape index (κ3) is 5.27. The summed E-state index contributed by atoms with van der Waals surface area (Å²) in [6.07, 6.45) is 0.807. The van der Waals surface area contributed by atoms with Crippen molar-refractivity contribution in [3.05, 3.63) is 24.3 Å². The highest BCUT2D eigenvalue weighted by Crippen LogP contribution is 2.21. The van der Waals surface area contributed by atoms with Crippen molar-refractivity contribution in [2.45, 2.75) is 18.5 Å². The van der Waals surface area contributed by atoms with Gasteiger partial charge in [0.05, 0.1) is 12.9 Å². The minimum absolute atomic E-state index is 0.0550. The van der Waals surface area contributed by atoms with E-state index in [1.165, 1.54) is 0 Å². The van der Waals surface area contributed by atoms with Gasteiger partial charge < -0.3 is 10.1 Å². The molecule has 3 N–H and O–H groups in total. The molecule has 3 amide bonds. The summed E-state index contributed by atoms with van der Waals surface area (Å²) in [6, 6.07) is 6.88. The van der Waals surface area contributed by atoms with Gasteiger partial charge in [0.25, 0.3) is 0 Å². The Morgan fingerprint density at radius 2 is 2.04 bits per heavy atom. The second-order valence-electron chi connectivity index (χ2n) is 4.79. The fraction of sp³-hybridized carbons (Fsp3) is 0.333. The number of aromatic amines is 1. The van der Waals surface area contributed by atoms with Gasteiger partial charge in [-0.15, -0.1) is 5.10 Å². The van der Waals surface area contributed by atoms with Crippen LogP contribution >= 0.6 is 11.8 Å². The summed E-state index contributed by atoms with van der Waals surface area (Å²) in [5, 5.41) is 12.1. The van der Waals surface area contributed by atoms with Crippen LogP contribution in [0.25, 0.3) is 11.4 Å². The highest BCUT2D eigenvalue weighted by Gasteiger charge is 2.11. The first-order chi connectivity index (χ1) is 11.6. The lowest BCUT2D eigenvalue weighted by Gasteiger charge is -2.04. The number of hydrogen-bond donors (Lipinski definition) is 3. The van der Waals surface area contributed by atoms with Crippen LogP contribution in [-0.2, 0) is 4.79 Å². The van der Waals surface area contributed by atoms with E-state index in [9.17, 15) is 9.59 Å². The molecule has 1 aromatic heterocycles. The average molecular weight is 349 g/mol. The summed E-state index contributed by atoms with van der Waals surface area (Å²) < 4.78 is 5.10. The Morgan fingerprint density at radius 3 is 2.71 bits per heavy atom. The first kappa shape index (κ1) is 17.8. The number of urea groups is 1. The van der Waals surface area contributed by atoms with Gasteiger partial charge in [0, 0.05) is 12.1 Å². The molecule has 0 radical (unpaired) electrons. The van der Waals surface area contributed by atoms with Crippen molar-refractivity contribution in [1.82, 2.24) is 25.8 Å². The van der Waals surface area contributed by atoms with Crippen molar-refractivity contribution in [3.63, 3.8) is 0 Å². The topological polar surface area (TPSA) is 109 Å². The predicted octanol–water partition coefficient (Wildman–Crippen LogP) is 1.81. The van der Waals surface area contributed by atoms with Gasteiger partial charge in [-0.1, -0.05) is 18.7 Å². The van der Waals surface area contributed by atoms with Gasteiger partial charge in [0.15, 0.2) is 5.82 Å². The third-order valence-electron chi connectivity index (χ3n) is 2.95. The number of nitrogens with zero attached hydrogens (tertiary/aromatic N) is 2. The maximum absolute atomic E-state index is 11.7. The second kappa shape index (κ2) is 8.92. The lowest BCUT2D eigenvalue weighted by molar-refractivity contribution is -0.117. The van der Waals surface area contributed by atoms with Crippen LogP contribution in [0.5, 0.6) is 5.75 Å².